The molecule has 0 aromatic heterocycles. The van der Waals surface area contributed by atoms with Crippen molar-refractivity contribution >= 4 is 5.91 Å². The number of aliphatic hydroxyl groups is 5. The first-order chi connectivity index (χ1) is 13.3. The lowest BCUT2D eigenvalue weighted by molar-refractivity contribution is -0.151. The number of carbonyl (C=O) groups excluding carboxylic acids is 1. The van der Waals surface area contributed by atoms with Gasteiger partial charge in [0.25, 0.3) is 0 Å². The van der Waals surface area contributed by atoms with E-state index in [1.165, 1.54) is 6.92 Å². The zero-order valence-electron chi connectivity index (χ0n) is 18.4. The summed E-state index contributed by atoms with van der Waals surface area (Å²) in [5.41, 5.74) is -1.29. The lowest BCUT2D eigenvalue weighted by atomic mass is 9.60. The number of aliphatic hydroxyl groups excluding tert-OH is 5. The molecular formula is C21H40N2O6. The lowest BCUT2D eigenvalue weighted by Crippen LogP contribution is -2.58. The minimum absolute atomic E-state index is 0.0969. The van der Waals surface area contributed by atoms with Gasteiger partial charge >= 0.3 is 0 Å². The Morgan fingerprint density at radius 1 is 1.10 bits per heavy atom. The zero-order valence-corrected chi connectivity index (χ0v) is 18.4. The predicted octanol–water partition coefficient (Wildman–Crippen LogP) is -0.394. The average molecular weight is 417 g/mol. The van der Waals surface area contributed by atoms with Gasteiger partial charge in [0.15, 0.2) is 0 Å². The second-order valence-electron chi connectivity index (χ2n) is 10.1. The molecule has 8 nitrogen and oxygen atoms in total. The topological polar surface area (TPSA) is 133 Å². The Morgan fingerprint density at radius 3 is 2.21 bits per heavy atom. The maximum absolute atomic E-state index is 12.0. The fraction of sp³-hybridized carbons (Fsp3) is 0.952. The van der Waals surface area contributed by atoms with Crippen molar-refractivity contribution < 1.29 is 30.3 Å². The Morgan fingerprint density at radius 2 is 1.69 bits per heavy atom. The van der Waals surface area contributed by atoms with Gasteiger partial charge < -0.3 is 35.7 Å². The summed E-state index contributed by atoms with van der Waals surface area (Å²) in [6.45, 7) is 9.47. The molecule has 0 saturated carbocycles. The molecule has 2 saturated heterocycles. The van der Waals surface area contributed by atoms with Gasteiger partial charge in [-0.2, -0.15) is 0 Å². The van der Waals surface area contributed by atoms with Crippen LogP contribution in [-0.4, -0.2) is 92.0 Å². The average Bonchev–Trinajstić information content (AvgIpc) is 2.93. The largest absolute Gasteiger partial charge is 0.395 e. The van der Waals surface area contributed by atoms with Crippen LogP contribution in [0.5, 0.6) is 0 Å². The Bertz CT molecular complexity index is 569. The highest BCUT2D eigenvalue weighted by Gasteiger charge is 2.51. The smallest absolute Gasteiger partial charge is 0.219 e. The van der Waals surface area contributed by atoms with Crippen LogP contribution in [-0.2, 0) is 4.79 Å². The first kappa shape index (κ1) is 24.5. The van der Waals surface area contributed by atoms with Gasteiger partial charge in [0.2, 0.25) is 5.91 Å². The van der Waals surface area contributed by atoms with Crippen molar-refractivity contribution in [2.75, 3.05) is 13.2 Å². The quantitative estimate of drug-likeness (QED) is 0.333. The summed E-state index contributed by atoms with van der Waals surface area (Å²) < 4.78 is 0. The van der Waals surface area contributed by atoms with Crippen LogP contribution in [0.1, 0.15) is 60.3 Å². The molecule has 8 heteroatoms. The molecule has 2 heterocycles. The summed E-state index contributed by atoms with van der Waals surface area (Å²) in [5.74, 6) is -0.0969. The molecule has 1 amide bonds. The molecule has 6 N–H and O–H groups in total. The zero-order chi connectivity index (χ0) is 22.1. The Kier molecular flexibility index (Phi) is 7.74. The van der Waals surface area contributed by atoms with E-state index in [1.807, 2.05) is 27.7 Å². The van der Waals surface area contributed by atoms with Crippen molar-refractivity contribution in [3.63, 3.8) is 0 Å². The molecule has 7 unspecified atom stereocenters. The Hall–Kier alpha value is -0.770. The summed E-state index contributed by atoms with van der Waals surface area (Å²) in [7, 11) is 0. The number of amides is 1. The van der Waals surface area contributed by atoms with E-state index in [0.717, 1.165) is 12.8 Å². The summed E-state index contributed by atoms with van der Waals surface area (Å²) in [6.07, 6.45) is -1.35. The minimum atomic E-state index is -1.08. The van der Waals surface area contributed by atoms with Crippen LogP contribution in [0.2, 0.25) is 0 Å². The normalized spacial score (nSPS) is 33.6. The van der Waals surface area contributed by atoms with Crippen molar-refractivity contribution in [2.24, 2.45) is 10.8 Å². The summed E-state index contributed by atoms with van der Waals surface area (Å²) >= 11 is 0. The highest BCUT2D eigenvalue weighted by atomic mass is 16.3. The number of nitrogens with zero attached hydrogens (tertiary/aromatic N) is 1. The number of rotatable bonds is 7. The van der Waals surface area contributed by atoms with Crippen molar-refractivity contribution in [3.8, 4) is 0 Å². The number of likely N-dealkylation sites (tertiary alicyclic amines) is 1. The molecule has 2 aliphatic heterocycles. The van der Waals surface area contributed by atoms with Gasteiger partial charge in [-0.05, 0) is 36.5 Å². The van der Waals surface area contributed by atoms with Crippen LogP contribution in [0.4, 0.5) is 0 Å². The first-order valence-corrected chi connectivity index (χ1v) is 10.7. The van der Waals surface area contributed by atoms with E-state index >= 15 is 0 Å². The summed E-state index contributed by atoms with van der Waals surface area (Å²) in [4.78, 5) is 13.6. The van der Waals surface area contributed by atoms with Crippen molar-refractivity contribution in [1.82, 2.24) is 10.2 Å². The molecule has 2 aliphatic rings. The molecule has 2 fully saturated rings. The van der Waals surface area contributed by atoms with E-state index in [0.29, 0.717) is 19.4 Å². The highest BCUT2D eigenvalue weighted by molar-refractivity contribution is 5.73. The molecule has 0 bridgehead atoms. The molecule has 0 aliphatic carbocycles. The van der Waals surface area contributed by atoms with Crippen LogP contribution < -0.4 is 5.32 Å². The van der Waals surface area contributed by atoms with Crippen LogP contribution in [0.3, 0.4) is 0 Å². The highest BCUT2D eigenvalue weighted by Crippen LogP contribution is 2.47. The third kappa shape index (κ3) is 4.78. The second-order valence-corrected chi connectivity index (χ2v) is 10.1. The van der Waals surface area contributed by atoms with E-state index in [9.17, 15) is 30.3 Å². The maximum Gasteiger partial charge on any atom is 0.219 e. The van der Waals surface area contributed by atoms with Crippen molar-refractivity contribution in [1.29, 1.82) is 0 Å². The van der Waals surface area contributed by atoms with Gasteiger partial charge in [0, 0.05) is 19.5 Å². The van der Waals surface area contributed by atoms with Gasteiger partial charge in [-0.25, -0.2) is 0 Å². The van der Waals surface area contributed by atoms with Gasteiger partial charge in [-0.3, -0.25) is 4.79 Å². The molecule has 170 valence electrons. The Labute approximate surface area is 173 Å². The van der Waals surface area contributed by atoms with Crippen molar-refractivity contribution in [3.05, 3.63) is 0 Å². The Balaban J connectivity index is 2.15. The van der Waals surface area contributed by atoms with E-state index in [1.54, 1.807) is 4.90 Å². The summed E-state index contributed by atoms with van der Waals surface area (Å²) in [5, 5.41) is 55.1. The standard InChI is InChI=1S/C21H40N2O6/c1-12(25)23-9-7-6-8-15(23)18(28)19(29)21(4,5)20(2,3)10-13-16(26)17(27)14(11-24)22-13/h13-19,22,24,26-29H,6-11H2,1-5H3. The number of nitrogens with one attached hydrogen (secondary N) is 1. The number of hydrogen-bond acceptors (Lipinski definition) is 7. The number of piperidine rings is 1. The summed E-state index contributed by atoms with van der Waals surface area (Å²) in [6, 6.07) is -1.44. The predicted molar refractivity (Wildman–Crippen MR) is 109 cm³/mol. The second kappa shape index (κ2) is 9.16. The van der Waals surface area contributed by atoms with Crippen LogP contribution in [0, 0.1) is 10.8 Å². The molecule has 0 aromatic carbocycles. The third-order valence-corrected chi connectivity index (χ3v) is 7.68. The lowest BCUT2D eigenvalue weighted by Gasteiger charge is -2.50. The van der Waals surface area contributed by atoms with E-state index in [4.69, 9.17) is 0 Å². The first-order valence-electron chi connectivity index (χ1n) is 10.7. The van der Waals surface area contributed by atoms with Gasteiger partial charge in [0.05, 0.1) is 37.0 Å². The fourth-order valence-electron chi connectivity index (χ4n) is 4.84. The number of carbonyl (C=O) groups is 1. The molecule has 0 aromatic rings. The molecular weight excluding hydrogens is 376 g/mol. The molecule has 2 rings (SSSR count). The van der Waals surface area contributed by atoms with E-state index in [-0.39, 0.29) is 12.5 Å². The molecule has 0 spiro atoms. The minimum Gasteiger partial charge on any atom is -0.395 e. The van der Waals surface area contributed by atoms with Crippen molar-refractivity contribution in [2.45, 2.75) is 103 Å². The molecule has 0 radical (unpaired) electrons. The fourth-order valence-corrected chi connectivity index (χ4v) is 4.84. The third-order valence-electron chi connectivity index (χ3n) is 7.68. The van der Waals surface area contributed by atoms with E-state index < -0.39 is 53.4 Å². The SMILES string of the molecule is CC(=O)N1CCCCC1C(O)C(O)C(C)(C)C(C)(C)CC1NC(CO)C(O)C1O. The van der Waals surface area contributed by atoms with Crippen LogP contribution in [0.25, 0.3) is 0 Å². The van der Waals surface area contributed by atoms with Crippen LogP contribution >= 0.6 is 0 Å². The number of hydrogen-bond donors (Lipinski definition) is 6. The molecule has 7 atom stereocenters. The maximum atomic E-state index is 12.0. The van der Waals surface area contributed by atoms with Gasteiger partial charge in [-0.15, -0.1) is 0 Å². The van der Waals surface area contributed by atoms with E-state index in [2.05, 4.69) is 5.32 Å². The van der Waals surface area contributed by atoms with Gasteiger partial charge in [0.1, 0.15) is 6.10 Å². The van der Waals surface area contributed by atoms with Gasteiger partial charge in [-0.1, -0.05) is 27.7 Å². The molecule has 29 heavy (non-hydrogen) atoms. The monoisotopic (exact) mass is 416 g/mol. The van der Waals surface area contributed by atoms with Crippen LogP contribution in [0.15, 0.2) is 0 Å².